The molecular weight excluding hydrogens is 348 g/mol. The highest BCUT2D eigenvalue weighted by Crippen LogP contribution is 2.35. The van der Waals surface area contributed by atoms with Crippen molar-refractivity contribution in [3.8, 4) is 33.5 Å². The molecule has 0 saturated carbocycles. The fraction of sp³-hybridized carbons (Fsp3) is 0.0870. The molecular formula is C23H18N4O. The summed E-state index contributed by atoms with van der Waals surface area (Å²) < 4.78 is 0. The van der Waals surface area contributed by atoms with Crippen molar-refractivity contribution in [2.24, 2.45) is 0 Å². The van der Waals surface area contributed by atoms with Crippen molar-refractivity contribution < 1.29 is 4.79 Å². The fourth-order valence-electron chi connectivity index (χ4n) is 3.72. The molecule has 0 saturated heterocycles. The van der Waals surface area contributed by atoms with Gasteiger partial charge in [-0.3, -0.25) is 14.9 Å². The average molecular weight is 366 g/mol. The number of pyridine rings is 1. The number of hydrogen-bond acceptors (Lipinski definition) is 3. The van der Waals surface area contributed by atoms with Gasteiger partial charge in [0.25, 0.3) is 0 Å². The van der Waals surface area contributed by atoms with Crippen LogP contribution < -0.4 is 5.32 Å². The largest absolute Gasteiger partial charge is 0.326 e. The monoisotopic (exact) mass is 366 g/mol. The maximum absolute atomic E-state index is 11.6. The van der Waals surface area contributed by atoms with Gasteiger partial charge in [0, 0.05) is 34.9 Å². The number of nitrogens with zero attached hydrogens (tertiary/aromatic N) is 2. The first kappa shape index (κ1) is 16.4. The Morgan fingerprint density at radius 3 is 2.36 bits per heavy atom. The van der Waals surface area contributed by atoms with E-state index in [1.807, 2.05) is 31.2 Å². The van der Waals surface area contributed by atoms with Crippen LogP contribution in [-0.2, 0) is 11.2 Å². The average Bonchev–Trinajstić information content (AvgIpc) is 3.29. The van der Waals surface area contributed by atoms with E-state index in [2.05, 4.69) is 50.8 Å². The van der Waals surface area contributed by atoms with Crippen LogP contribution in [0.25, 0.3) is 33.5 Å². The number of aromatic nitrogens is 3. The van der Waals surface area contributed by atoms with E-state index in [4.69, 9.17) is 0 Å². The zero-order valence-corrected chi connectivity index (χ0v) is 15.4. The third-order valence-electron chi connectivity index (χ3n) is 5.14. The van der Waals surface area contributed by atoms with Gasteiger partial charge in [-0.25, -0.2) is 0 Å². The summed E-state index contributed by atoms with van der Waals surface area (Å²) in [5, 5.41) is 10.5. The van der Waals surface area contributed by atoms with Gasteiger partial charge in [-0.15, -0.1) is 0 Å². The predicted octanol–water partition coefficient (Wildman–Crippen LogP) is 4.61. The van der Waals surface area contributed by atoms with E-state index in [1.165, 1.54) is 0 Å². The molecule has 2 N–H and O–H groups in total. The lowest BCUT2D eigenvalue weighted by Crippen LogP contribution is -2.03. The number of amides is 1. The van der Waals surface area contributed by atoms with Crippen LogP contribution in [0.3, 0.4) is 0 Å². The van der Waals surface area contributed by atoms with Gasteiger partial charge in [0.1, 0.15) is 5.69 Å². The van der Waals surface area contributed by atoms with E-state index >= 15 is 0 Å². The lowest BCUT2D eigenvalue weighted by molar-refractivity contribution is -0.115. The molecule has 2 aromatic carbocycles. The summed E-state index contributed by atoms with van der Waals surface area (Å²) in [6, 6.07) is 18.5. The van der Waals surface area contributed by atoms with E-state index in [1.54, 1.807) is 12.4 Å². The zero-order chi connectivity index (χ0) is 19.1. The standard InChI is InChI=1S/C23H18N4O/c1-14-22(23(27-26-14)17-8-10-24-11-9-17)16-4-2-15(3-5-16)18-6-7-19-13-21(28)25-20(19)12-18/h2-12H,13H2,1H3,(H,25,28)(H,26,27). The molecule has 0 bridgehead atoms. The van der Waals surface area contributed by atoms with Crippen LogP contribution in [0.1, 0.15) is 11.3 Å². The van der Waals surface area contributed by atoms with Gasteiger partial charge >= 0.3 is 0 Å². The maximum Gasteiger partial charge on any atom is 0.228 e. The number of H-pyrrole nitrogens is 1. The molecule has 4 aromatic rings. The molecule has 136 valence electrons. The van der Waals surface area contributed by atoms with Gasteiger partial charge in [-0.05, 0) is 47.4 Å². The first-order chi connectivity index (χ1) is 13.7. The molecule has 0 atom stereocenters. The molecule has 3 heterocycles. The van der Waals surface area contributed by atoms with Crippen LogP contribution in [0.2, 0.25) is 0 Å². The van der Waals surface area contributed by atoms with E-state index in [9.17, 15) is 4.79 Å². The van der Waals surface area contributed by atoms with Crippen molar-refractivity contribution in [3.63, 3.8) is 0 Å². The fourth-order valence-corrected chi connectivity index (χ4v) is 3.72. The number of aryl methyl sites for hydroxylation is 1. The van der Waals surface area contributed by atoms with Crippen LogP contribution in [0.5, 0.6) is 0 Å². The Labute approximate surface area is 162 Å². The Morgan fingerprint density at radius 2 is 1.57 bits per heavy atom. The molecule has 0 aliphatic carbocycles. The molecule has 0 radical (unpaired) electrons. The molecule has 1 aliphatic rings. The summed E-state index contributed by atoms with van der Waals surface area (Å²) in [6.45, 7) is 2.03. The number of carbonyl (C=O) groups is 1. The van der Waals surface area contributed by atoms with Crippen LogP contribution in [0.15, 0.2) is 67.0 Å². The van der Waals surface area contributed by atoms with Crippen LogP contribution in [-0.4, -0.2) is 21.1 Å². The Kier molecular flexibility index (Phi) is 3.79. The van der Waals surface area contributed by atoms with E-state index in [0.717, 1.165) is 50.5 Å². The summed E-state index contributed by atoms with van der Waals surface area (Å²) in [7, 11) is 0. The van der Waals surface area contributed by atoms with Gasteiger partial charge in [0.15, 0.2) is 0 Å². The summed E-state index contributed by atoms with van der Waals surface area (Å²) in [5.74, 6) is 0.0570. The number of benzene rings is 2. The number of fused-ring (bicyclic) bond motifs is 1. The van der Waals surface area contributed by atoms with E-state index in [-0.39, 0.29) is 5.91 Å². The number of rotatable bonds is 3. The third-order valence-corrected chi connectivity index (χ3v) is 5.14. The molecule has 28 heavy (non-hydrogen) atoms. The smallest absolute Gasteiger partial charge is 0.228 e. The Hall–Kier alpha value is -3.73. The molecule has 1 amide bonds. The Balaban J connectivity index is 1.51. The third kappa shape index (κ3) is 2.77. The minimum absolute atomic E-state index is 0.0570. The highest BCUT2D eigenvalue weighted by Gasteiger charge is 2.18. The van der Waals surface area contributed by atoms with Gasteiger partial charge in [0.2, 0.25) is 5.91 Å². The SMILES string of the molecule is Cc1[nH]nc(-c2ccncc2)c1-c1ccc(-c2ccc3c(c2)NC(=O)C3)cc1. The topological polar surface area (TPSA) is 70.7 Å². The van der Waals surface area contributed by atoms with Crippen molar-refractivity contribution in [2.75, 3.05) is 5.32 Å². The lowest BCUT2D eigenvalue weighted by atomic mass is 9.96. The summed E-state index contributed by atoms with van der Waals surface area (Å²) in [4.78, 5) is 15.7. The second-order valence-corrected chi connectivity index (χ2v) is 6.98. The predicted molar refractivity (Wildman–Crippen MR) is 110 cm³/mol. The number of aromatic amines is 1. The molecule has 1 aliphatic heterocycles. The van der Waals surface area contributed by atoms with Crippen molar-refractivity contribution in [1.82, 2.24) is 15.2 Å². The second-order valence-electron chi connectivity index (χ2n) is 6.98. The van der Waals surface area contributed by atoms with Crippen molar-refractivity contribution >= 4 is 11.6 Å². The molecule has 5 rings (SSSR count). The zero-order valence-electron chi connectivity index (χ0n) is 15.4. The van der Waals surface area contributed by atoms with Crippen LogP contribution in [0, 0.1) is 6.92 Å². The van der Waals surface area contributed by atoms with Crippen LogP contribution >= 0.6 is 0 Å². The highest BCUT2D eigenvalue weighted by atomic mass is 16.1. The van der Waals surface area contributed by atoms with Gasteiger partial charge in [-0.2, -0.15) is 5.10 Å². The number of hydrogen-bond donors (Lipinski definition) is 2. The molecule has 0 fully saturated rings. The normalized spacial score (nSPS) is 12.7. The first-order valence-corrected chi connectivity index (χ1v) is 9.18. The first-order valence-electron chi connectivity index (χ1n) is 9.18. The molecule has 0 unspecified atom stereocenters. The minimum Gasteiger partial charge on any atom is -0.326 e. The van der Waals surface area contributed by atoms with Crippen molar-refractivity contribution in [2.45, 2.75) is 13.3 Å². The van der Waals surface area contributed by atoms with Crippen LogP contribution in [0.4, 0.5) is 5.69 Å². The number of anilines is 1. The number of carbonyl (C=O) groups excluding carboxylic acids is 1. The quantitative estimate of drug-likeness (QED) is 0.556. The van der Waals surface area contributed by atoms with E-state index in [0.29, 0.717) is 6.42 Å². The highest BCUT2D eigenvalue weighted by molar-refractivity contribution is 6.00. The Morgan fingerprint density at radius 1 is 0.857 bits per heavy atom. The summed E-state index contributed by atoms with van der Waals surface area (Å²) in [5.41, 5.74) is 9.36. The number of nitrogens with one attached hydrogen (secondary N) is 2. The van der Waals surface area contributed by atoms with Crippen molar-refractivity contribution in [1.29, 1.82) is 0 Å². The van der Waals surface area contributed by atoms with Gasteiger partial charge in [0.05, 0.1) is 6.42 Å². The lowest BCUT2D eigenvalue weighted by Gasteiger charge is -2.08. The van der Waals surface area contributed by atoms with Crippen molar-refractivity contribution in [3.05, 3.63) is 78.2 Å². The summed E-state index contributed by atoms with van der Waals surface area (Å²) >= 11 is 0. The maximum atomic E-state index is 11.6. The molecule has 5 heteroatoms. The van der Waals surface area contributed by atoms with E-state index < -0.39 is 0 Å². The summed E-state index contributed by atoms with van der Waals surface area (Å²) in [6.07, 6.45) is 4.02. The van der Waals surface area contributed by atoms with Gasteiger partial charge < -0.3 is 5.32 Å². The Bertz CT molecular complexity index is 1180. The molecule has 0 spiro atoms. The molecule has 5 nitrogen and oxygen atoms in total. The molecule has 2 aromatic heterocycles. The van der Waals surface area contributed by atoms with Gasteiger partial charge in [-0.1, -0.05) is 36.4 Å². The second kappa shape index (κ2) is 6.46. The minimum atomic E-state index is 0.0570.